The zero-order valence-corrected chi connectivity index (χ0v) is 19.5. The van der Waals surface area contributed by atoms with Crippen LogP contribution in [-0.2, 0) is 14.3 Å². The highest BCUT2D eigenvalue weighted by Crippen LogP contribution is 2.44. The molecule has 0 unspecified atom stereocenters. The van der Waals surface area contributed by atoms with Crippen LogP contribution in [0.5, 0.6) is 0 Å². The Morgan fingerprint density at radius 3 is 2.53 bits per heavy atom. The molecule has 10 heteroatoms. The summed E-state index contributed by atoms with van der Waals surface area (Å²) in [5.74, 6) is -0.391. The number of benzene rings is 1. The largest absolute Gasteiger partial charge is 0.405 e. The molecule has 1 aromatic rings. The SMILES string of the molecule is CCN(C(=O)[C@H]1CC[C@](C)(CCNC(=O)c2ccc(NCC(F)(F)F)cc2)C1)[C@@H]1CC(=O)CO1. The average molecular weight is 484 g/mol. The van der Waals surface area contributed by atoms with E-state index in [-0.39, 0.29) is 47.6 Å². The van der Waals surface area contributed by atoms with Gasteiger partial charge in [0.25, 0.3) is 5.91 Å². The van der Waals surface area contributed by atoms with Gasteiger partial charge < -0.3 is 20.3 Å². The Labute approximate surface area is 197 Å². The molecule has 0 spiro atoms. The quantitative estimate of drug-likeness (QED) is 0.559. The summed E-state index contributed by atoms with van der Waals surface area (Å²) >= 11 is 0. The lowest BCUT2D eigenvalue weighted by molar-refractivity contribution is -0.146. The van der Waals surface area contributed by atoms with Crippen LogP contribution in [0, 0.1) is 11.3 Å². The molecule has 2 N–H and O–H groups in total. The molecule has 1 aliphatic carbocycles. The van der Waals surface area contributed by atoms with E-state index in [2.05, 4.69) is 17.6 Å². The van der Waals surface area contributed by atoms with Gasteiger partial charge in [0.2, 0.25) is 5.91 Å². The zero-order valence-electron chi connectivity index (χ0n) is 19.5. The van der Waals surface area contributed by atoms with Crippen molar-refractivity contribution in [2.75, 3.05) is 31.6 Å². The number of carbonyl (C=O) groups excluding carboxylic acids is 3. The van der Waals surface area contributed by atoms with Gasteiger partial charge in [0.05, 0.1) is 6.42 Å². The molecule has 2 fully saturated rings. The second-order valence-corrected chi connectivity index (χ2v) is 9.44. The fourth-order valence-corrected chi connectivity index (χ4v) is 4.72. The van der Waals surface area contributed by atoms with Crippen molar-refractivity contribution >= 4 is 23.3 Å². The maximum atomic E-state index is 13.1. The summed E-state index contributed by atoms with van der Waals surface area (Å²) in [4.78, 5) is 38.7. The molecule has 1 aliphatic heterocycles. The molecule has 0 aromatic heterocycles. The van der Waals surface area contributed by atoms with Crippen LogP contribution in [0.1, 0.15) is 56.3 Å². The first-order valence-electron chi connectivity index (χ1n) is 11.6. The van der Waals surface area contributed by atoms with E-state index >= 15 is 0 Å². The van der Waals surface area contributed by atoms with Crippen LogP contribution in [0.3, 0.4) is 0 Å². The summed E-state index contributed by atoms with van der Waals surface area (Å²) in [6.07, 6.45) is -1.50. The lowest BCUT2D eigenvalue weighted by Crippen LogP contribution is -2.43. The van der Waals surface area contributed by atoms with Gasteiger partial charge in [-0.15, -0.1) is 0 Å². The second kappa shape index (κ2) is 10.8. The minimum Gasteiger partial charge on any atom is -0.376 e. The third kappa shape index (κ3) is 6.94. The number of ether oxygens (including phenoxy) is 1. The van der Waals surface area contributed by atoms with E-state index in [1.807, 2.05) is 6.92 Å². The first-order valence-corrected chi connectivity index (χ1v) is 11.6. The Hall–Kier alpha value is -2.62. The molecule has 1 saturated carbocycles. The summed E-state index contributed by atoms with van der Waals surface area (Å²) in [5, 5.41) is 5.13. The topological polar surface area (TPSA) is 87.7 Å². The molecular weight excluding hydrogens is 451 g/mol. The van der Waals surface area contributed by atoms with Crippen LogP contribution >= 0.6 is 0 Å². The summed E-state index contributed by atoms with van der Waals surface area (Å²) in [6, 6.07) is 5.84. The van der Waals surface area contributed by atoms with Crippen molar-refractivity contribution in [1.29, 1.82) is 0 Å². The number of hydrogen-bond acceptors (Lipinski definition) is 5. The van der Waals surface area contributed by atoms with Crippen LogP contribution in [0.2, 0.25) is 0 Å². The van der Waals surface area contributed by atoms with E-state index in [1.165, 1.54) is 24.3 Å². The third-order valence-corrected chi connectivity index (χ3v) is 6.65. The van der Waals surface area contributed by atoms with Gasteiger partial charge in [-0.05, 0) is 62.3 Å². The molecule has 3 atom stereocenters. The molecule has 0 radical (unpaired) electrons. The average Bonchev–Trinajstić information content (AvgIpc) is 3.38. The van der Waals surface area contributed by atoms with Gasteiger partial charge in [0, 0.05) is 30.3 Å². The zero-order chi connectivity index (χ0) is 24.9. The van der Waals surface area contributed by atoms with E-state index in [0.717, 1.165) is 12.8 Å². The Morgan fingerprint density at radius 1 is 1.24 bits per heavy atom. The molecule has 1 saturated heterocycles. The molecule has 34 heavy (non-hydrogen) atoms. The lowest BCUT2D eigenvalue weighted by Gasteiger charge is -2.30. The van der Waals surface area contributed by atoms with Gasteiger partial charge in [-0.25, -0.2) is 0 Å². The van der Waals surface area contributed by atoms with Crippen LogP contribution in [0.25, 0.3) is 0 Å². The second-order valence-electron chi connectivity index (χ2n) is 9.44. The number of nitrogens with one attached hydrogen (secondary N) is 2. The number of alkyl halides is 3. The Morgan fingerprint density at radius 2 is 1.94 bits per heavy atom. The Bertz CT molecular complexity index is 890. The molecule has 1 aromatic carbocycles. The Balaban J connectivity index is 1.45. The number of hydrogen-bond donors (Lipinski definition) is 2. The van der Waals surface area contributed by atoms with Crippen molar-refractivity contribution in [2.45, 2.75) is 58.4 Å². The van der Waals surface area contributed by atoms with Crippen molar-refractivity contribution in [3.05, 3.63) is 29.8 Å². The van der Waals surface area contributed by atoms with Crippen molar-refractivity contribution in [3.63, 3.8) is 0 Å². The number of rotatable bonds is 9. The first-order chi connectivity index (χ1) is 16.0. The lowest BCUT2D eigenvalue weighted by atomic mass is 9.84. The normalized spacial score (nSPS) is 24.8. The first kappa shape index (κ1) is 26.0. The maximum Gasteiger partial charge on any atom is 0.405 e. The summed E-state index contributed by atoms with van der Waals surface area (Å²) in [7, 11) is 0. The fraction of sp³-hybridized carbons (Fsp3) is 0.625. The van der Waals surface area contributed by atoms with Crippen molar-refractivity contribution in [3.8, 4) is 0 Å². The smallest absolute Gasteiger partial charge is 0.376 e. The van der Waals surface area contributed by atoms with E-state index < -0.39 is 18.9 Å². The molecule has 2 aliphatic rings. The highest BCUT2D eigenvalue weighted by atomic mass is 19.4. The van der Waals surface area contributed by atoms with Crippen LogP contribution in [0.4, 0.5) is 18.9 Å². The molecule has 188 valence electrons. The van der Waals surface area contributed by atoms with Crippen LogP contribution < -0.4 is 10.6 Å². The van der Waals surface area contributed by atoms with Gasteiger partial charge in [-0.1, -0.05) is 6.92 Å². The number of ketones is 1. The van der Waals surface area contributed by atoms with Gasteiger partial charge in [0.1, 0.15) is 19.4 Å². The number of amides is 2. The number of Topliss-reactive ketones (excluding diaryl/α,β-unsaturated/α-hetero) is 1. The Kier molecular flexibility index (Phi) is 8.22. The molecule has 1 heterocycles. The molecule has 7 nitrogen and oxygen atoms in total. The van der Waals surface area contributed by atoms with Crippen molar-refractivity contribution < 1.29 is 32.3 Å². The summed E-state index contributed by atoms with van der Waals surface area (Å²) in [5.41, 5.74) is 0.563. The van der Waals surface area contributed by atoms with Crippen molar-refractivity contribution in [1.82, 2.24) is 10.2 Å². The minimum absolute atomic E-state index is 0.00969. The number of carbonyl (C=O) groups is 3. The number of halogens is 3. The fourth-order valence-electron chi connectivity index (χ4n) is 4.72. The minimum atomic E-state index is -4.31. The van der Waals surface area contributed by atoms with Gasteiger partial charge in [-0.2, -0.15) is 13.2 Å². The van der Waals surface area contributed by atoms with Crippen LogP contribution in [0.15, 0.2) is 24.3 Å². The highest BCUT2D eigenvalue weighted by molar-refractivity contribution is 5.94. The molecular formula is C24H32F3N3O4. The van der Waals surface area contributed by atoms with E-state index in [9.17, 15) is 27.6 Å². The van der Waals surface area contributed by atoms with Crippen molar-refractivity contribution in [2.24, 2.45) is 11.3 Å². The van der Waals surface area contributed by atoms with Gasteiger partial charge in [0.15, 0.2) is 5.78 Å². The predicted octanol–water partition coefficient (Wildman–Crippen LogP) is 3.75. The van der Waals surface area contributed by atoms with Gasteiger partial charge >= 0.3 is 6.18 Å². The standard InChI is InChI=1S/C24H32F3N3O4/c1-3-30(20-12-19(31)14-34-20)22(33)17-8-9-23(2,13-17)10-11-28-21(32)16-4-6-18(7-5-16)29-15-24(25,26)27/h4-7,17,20,29H,3,8-15H2,1-2H3,(H,28,32)/t17-,20-,23+/m0/s1. The molecule has 3 rings (SSSR count). The predicted molar refractivity (Wildman–Crippen MR) is 120 cm³/mol. The van der Waals surface area contributed by atoms with E-state index in [1.54, 1.807) is 4.90 Å². The summed E-state index contributed by atoms with van der Waals surface area (Å²) < 4.78 is 42.4. The summed E-state index contributed by atoms with van der Waals surface area (Å²) in [6.45, 7) is 3.84. The third-order valence-electron chi connectivity index (χ3n) is 6.65. The van der Waals surface area contributed by atoms with Crippen LogP contribution in [-0.4, -0.2) is 61.1 Å². The molecule has 2 amide bonds. The number of anilines is 1. The highest BCUT2D eigenvalue weighted by Gasteiger charge is 2.41. The number of nitrogens with zero attached hydrogens (tertiary/aromatic N) is 1. The van der Waals surface area contributed by atoms with Gasteiger partial charge in [-0.3, -0.25) is 14.4 Å². The molecule has 0 bridgehead atoms. The maximum absolute atomic E-state index is 13.1. The van der Waals surface area contributed by atoms with E-state index in [0.29, 0.717) is 31.5 Å². The monoisotopic (exact) mass is 483 g/mol. The van der Waals surface area contributed by atoms with E-state index in [4.69, 9.17) is 4.74 Å².